The number of methoxy groups -OCH3 is 1. The molecule has 0 aliphatic heterocycles. The lowest BCUT2D eigenvalue weighted by atomic mass is 10.1. The van der Waals surface area contributed by atoms with Gasteiger partial charge in [0.15, 0.2) is 0 Å². The van der Waals surface area contributed by atoms with E-state index in [2.05, 4.69) is 13.8 Å². The first-order valence-electron chi connectivity index (χ1n) is 7.73. The monoisotopic (exact) mass is 290 g/mol. The largest absolute Gasteiger partial charge is 0.496 e. The van der Waals surface area contributed by atoms with Crippen LogP contribution in [0, 0.1) is 0 Å². The molecule has 0 aliphatic rings. The van der Waals surface area contributed by atoms with Crippen LogP contribution in [0.1, 0.15) is 50.7 Å². The van der Waals surface area contributed by atoms with E-state index in [4.69, 9.17) is 9.47 Å². The lowest BCUT2D eigenvalue weighted by Gasteiger charge is -2.07. The minimum Gasteiger partial charge on any atom is -0.496 e. The second-order valence-electron chi connectivity index (χ2n) is 4.99. The van der Waals surface area contributed by atoms with E-state index in [0.717, 1.165) is 30.6 Å². The molecule has 1 aromatic rings. The maximum atomic E-state index is 11.6. The van der Waals surface area contributed by atoms with Crippen molar-refractivity contribution in [1.29, 1.82) is 0 Å². The molecule has 0 saturated heterocycles. The standard InChI is InChI=1S/C18H26O3/c1-4-6-7-8-13-21-18(19)12-11-16-10-9-15(5-2)14-17(16)20-3/h9-12,14H,4-8,13H2,1-3H3. The maximum absolute atomic E-state index is 11.6. The smallest absolute Gasteiger partial charge is 0.330 e. The molecule has 3 nitrogen and oxygen atoms in total. The van der Waals surface area contributed by atoms with Gasteiger partial charge < -0.3 is 9.47 Å². The second kappa shape index (κ2) is 10.0. The summed E-state index contributed by atoms with van der Waals surface area (Å²) in [5, 5.41) is 0. The lowest BCUT2D eigenvalue weighted by molar-refractivity contribution is -0.137. The summed E-state index contributed by atoms with van der Waals surface area (Å²) >= 11 is 0. The van der Waals surface area contributed by atoms with Gasteiger partial charge in [-0.05, 0) is 30.5 Å². The molecule has 0 bridgehead atoms. The van der Waals surface area contributed by atoms with Gasteiger partial charge in [-0.2, -0.15) is 0 Å². The van der Waals surface area contributed by atoms with E-state index in [1.165, 1.54) is 24.5 Å². The Balaban J connectivity index is 2.50. The van der Waals surface area contributed by atoms with E-state index >= 15 is 0 Å². The first-order chi connectivity index (χ1) is 10.2. The van der Waals surface area contributed by atoms with Gasteiger partial charge in [0.2, 0.25) is 0 Å². The minimum absolute atomic E-state index is 0.298. The zero-order valence-electron chi connectivity index (χ0n) is 13.4. The molecule has 0 aromatic heterocycles. The molecular weight excluding hydrogens is 264 g/mol. The van der Waals surface area contributed by atoms with Crippen LogP contribution >= 0.6 is 0 Å². The molecule has 0 spiro atoms. The fourth-order valence-electron chi connectivity index (χ4n) is 2.02. The molecule has 0 fully saturated rings. The van der Waals surface area contributed by atoms with Gasteiger partial charge in [-0.25, -0.2) is 4.79 Å². The normalized spacial score (nSPS) is 10.8. The highest BCUT2D eigenvalue weighted by Gasteiger charge is 2.02. The van der Waals surface area contributed by atoms with Crippen LogP contribution in [0.15, 0.2) is 24.3 Å². The van der Waals surface area contributed by atoms with E-state index in [9.17, 15) is 4.79 Å². The zero-order chi connectivity index (χ0) is 15.5. The Morgan fingerprint density at radius 1 is 1.19 bits per heavy atom. The number of benzene rings is 1. The Bertz CT molecular complexity index is 464. The molecular formula is C18H26O3. The van der Waals surface area contributed by atoms with Crippen LogP contribution < -0.4 is 4.74 Å². The molecule has 0 N–H and O–H groups in total. The molecule has 0 amide bonds. The number of aryl methyl sites for hydroxylation is 1. The zero-order valence-corrected chi connectivity index (χ0v) is 13.4. The van der Waals surface area contributed by atoms with Gasteiger partial charge in [0.25, 0.3) is 0 Å². The van der Waals surface area contributed by atoms with Crippen LogP contribution in [-0.2, 0) is 16.0 Å². The molecule has 0 atom stereocenters. The van der Waals surface area contributed by atoms with Crippen LogP contribution in [-0.4, -0.2) is 19.7 Å². The summed E-state index contributed by atoms with van der Waals surface area (Å²) in [7, 11) is 1.64. The van der Waals surface area contributed by atoms with Gasteiger partial charge in [0, 0.05) is 11.6 Å². The van der Waals surface area contributed by atoms with Crippen molar-refractivity contribution < 1.29 is 14.3 Å². The number of unbranched alkanes of at least 4 members (excludes halogenated alkanes) is 3. The summed E-state index contributed by atoms with van der Waals surface area (Å²) in [6, 6.07) is 6.00. The van der Waals surface area contributed by atoms with Crippen molar-refractivity contribution >= 4 is 12.0 Å². The molecule has 1 aromatic carbocycles. The number of hydrogen-bond acceptors (Lipinski definition) is 3. The first kappa shape index (κ1) is 17.3. The van der Waals surface area contributed by atoms with Crippen LogP contribution in [0.4, 0.5) is 0 Å². The van der Waals surface area contributed by atoms with Crippen molar-refractivity contribution in [3.63, 3.8) is 0 Å². The van der Waals surface area contributed by atoms with Crippen molar-refractivity contribution in [1.82, 2.24) is 0 Å². The van der Waals surface area contributed by atoms with Crippen LogP contribution in [0.3, 0.4) is 0 Å². The Kier molecular flexibility index (Phi) is 8.25. The third kappa shape index (κ3) is 6.48. The van der Waals surface area contributed by atoms with Crippen molar-refractivity contribution in [2.24, 2.45) is 0 Å². The summed E-state index contributed by atoms with van der Waals surface area (Å²) in [5.41, 5.74) is 2.10. The number of esters is 1. The Labute approximate surface area is 128 Å². The van der Waals surface area contributed by atoms with Gasteiger partial charge in [-0.1, -0.05) is 45.2 Å². The van der Waals surface area contributed by atoms with E-state index in [0.29, 0.717) is 6.61 Å². The van der Waals surface area contributed by atoms with Gasteiger partial charge in [0.05, 0.1) is 13.7 Å². The number of hydrogen-bond donors (Lipinski definition) is 0. The third-order valence-electron chi connectivity index (χ3n) is 3.35. The highest BCUT2D eigenvalue weighted by Crippen LogP contribution is 2.21. The van der Waals surface area contributed by atoms with E-state index in [1.54, 1.807) is 13.2 Å². The second-order valence-corrected chi connectivity index (χ2v) is 4.99. The van der Waals surface area contributed by atoms with Crippen molar-refractivity contribution in [2.75, 3.05) is 13.7 Å². The quantitative estimate of drug-likeness (QED) is 0.384. The van der Waals surface area contributed by atoms with Gasteiger partial charge in [-0.15, -0.1) is 0 Å². The molecule has 0 aliphatic carbocycles. The van der Waals surface area contributed by atoms with Crippen LogP contribution in [0.25, 0.3) is 6.08 Å². The number of rotatable bonds is 9. The van der Waals surface area contributed by atoms with Crippen molar-refractivity contribution in [3.05, 3.63) is 35.4 Å². The van der Waals surface area contributed by atoms with E-state index in [-0.39, 0.29) is 5.97 Å². The Hall–Kier alpha value is -1.77. The SMILES string of the molecule is CCCCCCOC(=O)C=Cc1ccc(CC)cc1OC. The molecule has 21 heavy (non-hydrogen) atoms. The summed E-state index contributed by atoms with van der Waals surface area (Å²) in [4.78, 5) is 11.6. The predicted octanol–water partition coefficient (Wildman–Crippen LogP) is 4.39. The Morgan fingerprint density at radius 3 is 2.67 bits per heavy atom. The average molecular weight is 290 g/mol. The minimum atomic E-state index is -0.298. The number of carbonyl (C=O) groups is 1. The average Bonchev–Trinajstić information content (AvgIpc) is 2.52. The van der Waals surface area contributed by atoms with E-state index in [1.807, 2.05) is 18.2 Å². The summed E-state index contributed by atoms with van der Waals surface area (Å²) in [5.74, 6) is 0.481. The third-order valence-corrected chi connectivity index (χ3v) is 3.35. The maximum Gasteiger partial charge on any atom is 0.330 e. The highest BCUT2D eigenvalue weighted by atomic mass is 16.5. The summed E-state index contributed by atoms with van der Waals surface area (Å²) in [6.07, 6.45) is 8.58. The van der Waals surface area contributed by atoms with Gasteiger partial charge in [-0.3, -0.25) is 0 Å². The van der Waals surface area contributed by atoms with Crippen molar-refractivity contribution in [3.8, 4) is 5.75 Å². The molecule has 0 radical (unpaired) electrons. The molecule has 0 unspecified atom stereocenters. The summed E-state index contributed by atoms with van der Waals surface area (Å²) in [6.45, 7) is 4.75. The first-order valence-corrected chi connectivity index (χ1v) is 7.73. The van der Waals surface area contributed by atoms with E-state index < -0.39 is 0 Å². The molecule has 1 rings (SSSR count). The van der Waals surface area contributed by atoms with Crippen LogP contribution in [0.5, 0.6) is 5.75 Å². The number of carbonyl (C=O) groups excluding carboxylic acids is 1. The Morgan fingerprint density at radius 2 is 2.00 bits per heavy atom. The predicted molar refractivity (Wildman–Crippen MR) is 86.5 cm³/mol. The molecule has 116 valence electrons. The molecule has 3 heteroatoms. The van der Waals surface area contributed by atoms with Crippen molar-refractivity contribution in [2.45, 2.75) is 46.0 Å². The molecule has 0 saturated carbocycles. The van der Waals surface area contributed by atoms with Gasteiger partial charge >= 0.3 is 5.97 Å². The lowest BCUT2D eigenvalue weighted by Crippen LogP contribution is -2.02. The summed E-state index contributed by atoms with van der Waals surface area (Å²) < 4.78 is 10.5. The van der Waals surface area contributed by atoms with Crippen LogP contribution in [0.2, 0.25) is 0 Å². The number of ether oxygens (including phenoxy) is 2. The highest BCUT2D eigenvalue weighted by molar-refractivity contribution is 5.87. The fourth-order valence-corrected chi connectivity index (χ4v) is 2.02. The fraction of sp³-hybridized carbons (Fsp3) is 0.500. The topological polar surface area (TPSA) is 35.5 Å². The van der Waals surface area contributed by atoms with Gasteiger partial charge in [0.1, 0.15) is 5.75 Å². The molecule has 0 heterocycles.